The fraction of sp³-hybridized carbons (Fsp3) is 0.200. The van der Waals surface area contributed by atoms with E-state index in [0.29, 0.717) is 18.3 Å². The molecule has 1 amide bonds. The SMILES string of the molecule is COc1ccc2c(C)nc(NC3=N[C@@H](c4ccccc4)CC(=O)N3)nc2c1. The van der Waals surface area contributed by atoms with Crippen molar-refractivity contribution >= 4 is 28.7 Å². The summed E-state index contributed by atoms with van der Waals surface area (Å²) in [6.45, 7) is 1.91. The van der Waals surface area contributed by atoms with Gasteiger partial charge in [-0.15, -0.1) is 0 Å². The van der Waals surface area contributed by atoms with E-state index in [0.717, 1.165) is 27.9 Å². The average Bonchev–Trinajstić information content (AvgIpc) is 2.67. The van der Waals surface area contributed by atoms with Gasteiger partial charge >= 0.3 is 0 Å². The average molecular weight is 361 g/mol. The van der Waals surface area contributed by atoms with Crippen LogP contribution in [0, 0.1) is 6.92 Å². The Morgan fingerprint density at radius 2 is 1.96 bits per heavy atom. The molecule has 0 saturated carbocycles. The fourth-order valence-electron chi connectivity index (χ4n) is 3.08. The van der Waals surface area contributed by atoms with E-state index in [1.165, 1.54) is 0 Å². The number of rotatable bonds is 3. The lowest BCUT2D eigenvalue weighted by Gasteiger charge is -2.21. The van der Waals surface area contributed by atoms with Crippen LogP contribution in [0.25, 0.3) is 10.9 Å². The fourth-order valence-corrected chi connectivity index (χ4v) is 3.08. The second-order valence-electron chi connectivity index (χ2n) is 6.30. The van der Waals surface area contributed by atoms with E-state index >= 15 is 0 Å². The zero-order chi connectivity index (χ0) is 18.8. The lowest BCUT2D eigenvalue weighted by Crippen LogP contribution is -2.40. The summed E-state index contributed by atoms with van der Waals surface area (Å²) in [6.07, 6.45) is 0.310. The molecule has 0 radical (unpaired) electrons. The van der Waals surface area contributed by atoms with Gasteiger partial charge in [-0.1, -0.05) is 30.3 Å². The molecule has 1 aromatic heterocycles. The lowest BCUT2D eigenvalue weighted by molar-refractivity contribution is -0.120. The number of anilines is 1. The molecule has 0 aliphatic carbocycles. The van der Waals surface area contributed by atoms with Crippen molar-refractivity contribution in [3.63, 3.8) is 0 Å². The molecule has 2 aromatic carbocycles. The number of carbonyl (C=O) groups is 1. The van der Waals surface area contributed by atoms with Crippen molar-refractivity contribution in [1.82, 2.24) is 15.3 Å². The van der Waals surface area contributed by atoms with Gasteiger partial charge in [0.15, 0.2) is 0 Å². The first-order valence-electron chi connectivity index (χ1n) is 8.64. The number of benzene rings is 2. The van der Waals surface area contributed by atoms with Gasteiger partial charge in [0.05, 0.1) is 30.8 Å². The molecule has 2 N–H and O–H groups in total. The lowest BCUT2D eigenvalue weighted by atomic mass is 10.0. The summed E-state index contributed by atoms with van der Waals surface area (Å²) in [5.41, 5.74) is 2.58. The Bertz CT molecular complexity index is 1030. The van der Waals surface area contributed by atoms with Gasteiger partial charge in [-0.25, -0.2) is 15.0 Å². The first kappa shape index (κ1) is 17.0. The van der Waals surface area contributed by atoms with E-state index < -0.39 is 0 Å². The number of nitrogens with one attached hydrogen (secondary N) is 2. The van der Waals surface area contributed by atoms with Crippen LogP contribution in [-0.4, -0.2) is 28.9 Å². The van der Waals surface area contributed by atoms with Crippen molar-refractivity contribution in [3.05, 3.63) is 59.8 Å². The van der Waals surface area contributed by atoms with E-state index in [4.69, 9.17) is 4.74 Å². The predicted molar refractivity (Wildman–Crippen MR) is 104 cm³/mol. The molecule has 0 fully saturated rings. The Kier molecular flexibility index (Phi) is 4.42. The maximum absolute atomic E-state index is 12.1. The summed E-state index contributed by atoms with van der Waals surface area (Å²) in [5.74, 6) is 1.35. The third-order valence-electron chi connectivity index (χ3n) is 4.43. The van der Waals surface area contributed by atoms with Gasteiger partial charge in [0, 0.05) is 11.5 Å². The molecule has 7 nitrogen and oxygen atoms in total. The topological polar surface area (TPSA) is 88.5 Å². The highest BCUT2D eigenvalue weighted by molar-refractivity contribution is 6.05. The molecule has 1 aliphatic heterocycles. The van der Waals surface area contributed by atoms with Gasteiger partial charge in [-0.3, -0.25) is 15.4 Å². The van der Waals surface area contributed by atoms with Gasteiger partial charge in [0.2, 0.25) is 17.8 Å². The van der Waals surface area contributed by atoms with Crippen molar-refractivity contribution in [1.29, 1.82) is 0 Å². The van der Waals surface area contributed by atoms with E-state index in [1.807, 2.05) is 55.5 Å². The molecule has 3 aromatic rings. The molecular weight excluding hydrogens is 342 g/mol. The zero-order valence-electron chi connectivity index (χ0n) is 15.1. The Labute approximate surface area is 156 Å². The first-order chi connectivity index (χ1) is 13.1. The highest BCUT2D eigenvalue weighted by atomic mass is 16.5. The minimum absolute atomic E-state index is 0.0967. The van der Waals surface area contributed by atoms with Crippen LogP contribution in [0.3, 0.4) is 0 Å². The van der Waals surface area contributed by atoms with Gasteiger partial charge < -0.3 is 4.74 Å². The van der Waals surface area contributed by atoms with Crippen LogP contribution in [0.15, 0.2) is 53.5 Å². The summed E-state index contributed by atoms with van der Waals surface area (Å²) in [6, 6.07) is 15.2. The zero-order valence-corrected chi connectivity index (χ0v) is 15.1. The number of fused-ring (bicyclic) bond motifs is 1. The van der Waals surface area contributed by atoms with Gasteiger partial charge in [-0.2, -0.15) is 0 Å². The van der Waals surface area contributed by atoms with Crippen molar-refractivity contribution in [2.45, 2.75) is 19.4 Å². The third kappa shape index (κ3) is 3.57. The maximum atomic E-state index is 12.1. The molecule has 0 saturated heterocycles. The molecule has 0 bridgehead atoms. The number of amides is 1. The van der Waals surface area contributed by atoms with E-state index in [2.05, 4.69) is 25.6 Å². The number of aryl methyl sites for hydroxylation is 1. The summed E-state index contributed by atoms with van der Waals surface area (Å²) < 4.78 is 5.27. The van der Waals surface area contributed by atoms with Crippen LogP contribution >= 0.6 is 0 Å². The Hall–Kier alpha value is -3.48. The molecule has 4 rings (SSSR count). The Morgan fingerprint density at radius 1 is 1.15 bits per heavy atom. The molecule has 0 spiro atoms. The van der Waals surface area contributed by atoms with Gasteiger partial charge in [0.1, 0.15) is 5.75 Å². The molecule has 2 heterocycles. The number of hydrogen-bond donors (Lipinski definition) is 2. The van der Waals surface area contributed by atoms with E-state index in [-0.39, 0.29) is 11.9 Å². The van der Waals surface area contributed by atoms with Crippen molar-refractivity contribution in [2.75, 3.05) is 12.4 Å². The maximum Gasteiger partial charge on any atom is 0.230 e. The first-order valence-corrected chi connectivity index (χ1v) is 8.64. The highest BCUT2D eigenvalue weighted by Gasteiger charge is 2.23. The number of aromatic nitrogens is 2. The van der Waals surface area contributed by atoms with Crippen molar-refractivity contribution in [3.8, 4) is 5.75 Å². The molecule has 0 unspecified atom stereocenters. The van der Waals surface area contributed by atoms with Gasteiger partial charge in [-0.05, 0) is 24.6 Å². The molecule has 1 aliphatic rings. The van der Waals surface area contributed by atoms with Crippen LogP contribution in [-0.2, 0) is 4.79 Å². The molecular formula is C20H19N5O2. The Morgan fingerprint density at radius 3 is 2.74 bits per heavy atom. The highest BCUT2D eigenvalue weighted by Crippen LogP contribution is 2.25. The van der Waals surface area contributed by atoms with Crippen molar-refractivity contribution in [2.24, 2.45) is 4.99 Å². The van der Waals surface area contributed by atoms with Crippen LogP contribution in [0.4, 0.5) is 5.95 Å². The van der Waals surface area contributed by atoms with Crippen LogP contribution in [0.5, 0.6) is 5.75 Å². The number of carbonyl (C=O) groups excluding carboxylic acids is 1. The van der Waals surface area contributed by atoms with E-state index in [9.17, 15) is 4.79 Å². The van der Waals surface area contributed by atoms with Gasteiger partial charge in [0.25, 0.3) is 0 Å². The van der Waals surface area contributed by atoms with Crippen LogP contribution in [0.1, 0.15) is 23.7 Å². The van der Waals surface area contributed by atoms with E-state index in [1.54, 1.807) is 7.11 Å². The number of guanidine groups is 1. The number of aliphatic imine (C=N–C) groups is 1. The predicted octanol–water partition coefficient (Wildman–Crippen LogP) is 2.98. The monoisotopic (exact) mass is 361 g/mol. The number of hydrogen-bond acceptors (Lipinski definition) is 6. The normalized spacial score (nSPS) is 16.6. The molecule has 27 heavy (non-hydrogen) atoms. The van der Waals surface area contributed by atoms with Crippen molar-refractivity contribution < 1.29 is 9.53 Å². The second kappa shape index (κ2) is 7.03. The smallest absolute Gasteiger partial charge is 0.230 e. The Balaban J connectivity index is 1.66. The number of nitrogens with zero attached hydrogens (tertiary/aromatic N) is 3. The number of methoxy groups -OCH3 is 1. The molecule has 136 valence electrons. The summed E-state index contributed by atoms with van der Waals surface area (Å²) in [5, 5.41) is 6.73. The summed E-state index contributed by atoms with van der Waals surface area (Å²) >= 11 is 0. The third-order valence-corrected chi connectivity index (χ3v) is 4.43. The molecule has 1 atom stereocenters. The summed E-state index contributed by atoms with van der Waals surface area (Å²) in [7, 11) is 1.62. The van der Waals surface area contributed by atoms with Crippen LogP contribution in [0.2, 0.25) is 0 Å². The molecule has 7 heteroatoms. The minimum atomic E-state index is -0.232. The summed E-state index contributed by atoms with van der Waals surface area (Å²) in [4.78, 5) is 25.7. The largest absolute Gasteiger partial charge is 0.497 e. The standard InChI is InChI=1S/C20H19N5O2/c1-12-15-9-8-14(27-2)10-17(15)23-19(21-12)25-20-22-16(11-18(26)24-20)13-6-4-3-5-7-13/h3-10,16H,11H2,1-2H3,(H2,21,22,23,24,25,26)/t16-/m1/s1. The quantitative estimate of drug-likeness (QED) is 0.749. The minimum Gasteiger partial charge on any atom is -0.497 e. The second-order valence-corrected chi connectivity index (χ2v) is 6.30. The van der Waals surface area contributed by atoms with Crippen LogP contribution < -0.4 is 15.4 Å². The number of ether oxygens (including phenoxy) is 1.